The summed E-state index contributed by atoms with van der Waals surface area (Å²) < 4.78 is 6.08. The molecule has 2 heterocycles. The third kappa shape index (κ3) is 7.69. The Morgan fingerprint density at radius 1 is 0.927 bits per heavy atom. The zero-order chi connectivity index (χ0) is 29.5. The smallest absolute Gasteiger partial charge is 0.254 e. The molecule has 4 atom stereocenters. The van der Waals surface area contributed by atoms with E-state index in [0.29, 0.717) is 5.56 Å². The van der Waals surface area contributed by atoms with Crippen molar-refractivity contribution in [3.05, 3.63) is 71.8 Å². The number of fused-ring (bicyclic) bond motifs is 2. The van der Waals surface area contributed by atoms with Crippen molar-refractivity contribution in [1.29, 1.82) is 0 Å². The van der Waals surface area contributed by atoms with Crippen LogP contribution >= 0.6 is 0 Å². The molecule has 0 unspecified atom stereocenters. The average Bonchev–Trinajstić information content (AvgIpc) is 2.97. The molecule has 0 aromatic heterocycles. The van der Waals surface area contributed by atoms with Gasteiger partial charge in [0.05, 0.1) is 19.2 Å². The van der Waals surface area contributed by atoms with Gasteiger partial charge in [0.15, 0.2) is 6.10 Å². The lowest BCUT2D eigenvalue weighted by molar-refractivity contribution is -0.148. The van der Waals surface area contributed by atoms with Crippen molar-refractivity contribution in [3.63, 3.8) is 0 Å². The first-order valence-electron chi connectivity index (χ1n) is 13.8. The zero-order valence-corrected chi connectivity index (χ0v) is 23.5. The highest BCUT2D eigenvalue weighted by Crippen LogP contribution is 2.17. The predicted octanol–water partition coefficient (Wildman–Crippen LogP) is 0.353. The minimum absolute atomic E-state index is 0.0204. The number of morpholine rings is 1. The summed E-state index contributed by atoms with van der Waals surface area (Å²) in [5, 5.41) is 8.34. The number of amides is 5. The fourth-order valence-electron chi connectivity index (χ4n) is 4.98. The minimum atomic E-state index is -1.08. The van der Waals surface area contributed by atoms with E-state index in [1.165, 1.54) is 16.8 Å². The van der Waals surface area contributed by atoms with Crippen LogP contribution in [0.25, 0.3) is 0 Å². The largest absolute Gasteiger partial charge is 0.360 e. The molecule has 0 aliphatic carbocycles. The van der Waals surface area contributed by atoms with Crippen LogP contribution < -0.4 is 16.0 Å². The van der Waals surface area contributed by atoms with Crippen molar-refractivity contribution in [2.24, 2.45) is 5.92 Å². The third-order valence-corrected chi connectivity index (χ3v) is 7.19. The van der Waals surface area contributed by atoms with E-state index >= 15 is 0 Å². The maximum Gasteiger partial charge on any atom is 0.254 e. The Balaban J connectivity index is 1.65. The van der Waals surface area contributed by atoms with Gasteiger partial charge in [-0.15, -0.1) is 0 Å². The van der Waals surface area contributed by atoms with Crippen LogP contribution in [0.4, 0.5) is 0 Å². The standard InChI is InChI=1S/C30H37N5O6/c1-19(2)26-28(38)31-15-22-16-35(29(39)21-12-8-5-9-13-21)17-24(41-22)27(37)32-23(14-20-10-6-4-7-11-20)30(40)34(3)18-25(36)33-26/h4-13,19,22-24,26H,14-18H2,1-3H3,(H,31,38)(H,32,37)(H,33,36)/t22-,23+,24+,26-/m0/s1. The number of nitrogens with one attached hydrogen (secondary N) is 3. The van der Waals surface area contributed by atoms with Gasteiger partial charge in [-0.2, -0.15) is 0 Å². The van der Waals surface area contributed by atoms with Gasteiger partial charge < -0.3 is 30.5 Å². The quantitative estimate of drug-likeness (QED) is 0.491. The lowest BCUT2D eigenvalue weighted by Crippen LogP contribution is -2.59. The van der Waals surface area contributed by atoms with E-state index in [2.05, 4.69) is 16.0 Å². The Hall–Kier alpha value is -4.25. The van der Waals surface area contributed by atoms with E-state index in [0.717, 1.165) is 5.56 Å². The molecule has 41 heavy (non-hydrogen) atoms. The van der Waals surface area contributed by atoms with Gasteiger partial charge in [-0.3, -0.25) is 24.0 Å². The van der Waals surface area contributed by atoms with Crippen molar-refractivity contribution < 1.29 is 28.7 Å². The lowest BCUT2D eigenvalue weighted by atomic mass is 10.0. The molecule has 0 saturated carbocycles. The molecule has 2 aromatic carbocycles. The first-order valence-corrected chi connectivity index (χ1v) is 13.8. The molecule has 11 heteroatoms. The zero-order valence-electron chi connectivity index (χ0n) is 23.5. The van der Waals surface area contributed by atoms with Crippen LogP contribution in [0.1, 0.15) is 29.8 Å². The second-order valence-electron chi connectivity index (χ2n) is 10.8. The van der Waals surface area contributed by atoms with E-state index in [9.17, 15) is 24.0 Å². The van der Waals surface area contributed by atoms with Crippen LogP contribution in [0.15, 0.2) is 60.7 Å². The molecule has 2 bridgehead atoms. The normalized spacial score (nSPS) is 24.6. The van der Waals surface area contributed by atoms with Crippen LogP contribution in [0.2, 0.25) is 0 Å². The molecule has 218 valence electrons. The van der Waals surface area contributed by atoms with Crippen molar-refractivity contribution in [2.75, 3.05) is 33.2 Å². The van der Waals surface area contributed by atoms with Crippen LogP contribution in [0, 0.1) is 5.92 Å². The van der Waals surface area contributed by atoms with E-state index < -0.39 is 47.9 Å². The highest BCUT2D eigenvalue weighted by molar-refractivity contribution is 5.96. The van der Waals surface area contributed by atoms with Gasteiger partial charge in [-0.1, -0.05) is 62.4 Å². The van der Waals surface area contributed by atoms with Crippen LogP contribution in [0.3, 0.4) is 0 Å². The summed E-state index contributed by atoms with van der Waals surface area (Å²) in [5.74, 6) is -2.46. The van der Waals surface area contributed by atoms with Gasteiger partial charge in [-0.25, -0.2) is 0 Å². The molecule has 11 nitrogen and oxygen atoms in total. The minimum Gasteiger partial charge on any atom is -0.360 e. The third-order valence-electron chi connectivity index (χ3n) is 7.19. The summed E-state index contributed by atoms with van der Waals surface area (Å²) in [4.78, 5) is 69.2. The summed E-state index contributed by atoms with van der Waals surface area (Å²) in [7, 11) is 1.47. The maximum atomic E-state index is 13.6. The summed E-state index contributed by atoms with van der Waals surface area (Å²) in [6.07, 6.45) is -1.59. The molecule has 2 saturated heterocycles. The Morgan fingerprint density at radius 3 is 2.24 bits per heavy atom. The van der Waals surface area contributed by atoms with Gasteiger partial charge in [-0.05, 0) is 23.6 Å². The molecule has 2 fully saturated rings. The number of likely N-dealkylation sites (N-methyl/N-ethyl adjacent to an activating group) is 1. The van der Waals surface area contributed by atoms with E-state index in [-0.39, 0.29) is 44.4 Å². The summed E-state index contributed by atoms with van der Waals surface area (Å²) in [6, 6.07) is 16.1. The molecule has 5 amide bonds. The second kappa shape index (κ2) is 13.4. The number of benzene rings is 2. The van der Waals surface area contributed by atoms with Crippen molar-refractivity contribution in [1.82, 2.24) is 25.8 Å². The van der Waals surface area contributed by atoms with Gasteiger partial charge >= 0.3 is 0 Å². The molecule has 4 rings (SSSR count). The fraction of sp³-hybridized carbons (Fsp3) is 0.433. The van der Waals surface area contributed by atoms with Gasteiger partial charge in [0.2, 0.25) is 17.7 Å². The van der Waals surface area contributed by atoms with Crippen LogP contribution in [-0.2, 0) is 30.3 Å². The molecular formula is C30H37N5O6. The molecule has 0 radical (unpaired) electrons. The summed E-state index contributed by atoms with van der Waals surface area (Å²) >= 11 is 0. The van der Waals surface area contributed by atoms with E-state index in [1.807, 2.05) is 36.4 Å². The van der Waals surface area contributed by atoms with Crippen molar-refractivity contribution in [2.45, 2.75) is 44.6 Å². The SMILES string of the molecule is CC(C)[C@@H]1NC(=O)CN(C)C(=O)[C@@H](Cc2ccccc2)NC(=O)[C@H]2CN(C(=O)c3ccccc3)C[C@H](CNC1=O)O2. The van der Waals surface area contributed by atoms with E-state index in [1.54, 1.807) is 38.1 Å². The number of carbonyl (C=O) groups is 5. The first-order chi connectivity index (χ1) is 19.6. The molecule has 2 aliphatic rings. The number of carbonyl (C=O) groups excluding carboxylic acids is 5. The Labute approximate surface area is 239 Å². The van der Waals surface area contributed by atoms with Crippen LogP contribution in [0.5, 0.6) is 0 Å². The highest BCUT2D eigenvalue weighted by Gasteiger charge is 2.38. The Kier molecular flexibility index (Phi) is 9.72. The molecule has 3 N–H and O–H groups in total. The topological polar surface area (TPSA) is 137 Å². The Bertz CT molecular complexity index is 1250. The maximum absolute atomic E-state index is 13.6. The molecular weight excluding hydrogens is 526 g/mol. The van der Waals surface area contributed by atoms with Gasteiger partial charge in [0, 0.05) is 32.1 Å². The molecule has 2 aliphatic heterocycles. The van der Waals surface area contributed by atoms with Gasteiger partial charge in [0.1, 0.15) is 12.1 Å². The van der Waals surface area contributed by atoms with Crippen molar-refractivity contribution in [3.8, 4) is 0 Å². The monoisotopic (exact) mass is 563 g/mol. The summed E-state index contributed by atoms with van der Waals surface area (Å²) in [5.41, 5.74) is 1.28. The fourth-order valence-corrected chi connectivity index (χ4v) is 4.98. The van der Waals surface area contributed by atoms with Crippen LogP contribution in [-0.4, -0.2) is 96.9 Å². The number of nitrogens with zero attached hydrogens (tertiary/aromatic N) is 2. The Morgan fingerprint density at radius 2 is 1.59 bits per heavy atom. The van der Waals surface area contributed by atoms with Gasteiger partial charge in [0.25, 0.3) is 11.8 Å². The van der Waals surface area contributed by atoms with Crippen molar-refractivity contribution >= 4 is 29.5 Å². The molecule has 0 spiro atoms. The number of hydrogen-bond donors (Lipinski definition) is 3. The number of hydrogen-bond acceptors (Lipinski definition) is 6. The predicted molar refractivity (Wildman–Crippen MR) is 150 cm³/mol. The second-order valence-corrected chi connectivity index (χ2v) is 10.8. The lowest BCUT2D eigenvalue weighted by Gasteiger charge is -2.38. The highest BCUT2D eigenvalue weighted by atomic mass is 16.5. The first kappa shape index (κ1) is 29.7. The number of ether oxygens (including phenoxy) is 1. The number of rotatable bonds is 4. The molecule has 2 aromatic rings. The summed E-state index contributed by atoms with van der Waals surface area (Å²) in [6.45, 7) is 3.45. The average molecular weight is 564 g/mol. The van der Waals surface area contributed by atoms with E-state index in [4.69, 9.17) is 4.74 Å².